The van der Waals surface area contributed by atoms with Crippen molar-refractivity contribution in [2.75, 3.05) is 44.2 Å². The lowest BCUT2D eigenvalue weighted by Gasteiger charge is -2.36. The molecule has 2 saturated heterocycles. The largest absolute Gasteiger partial charge is 0.343 e. The summed E-state index contributed by atoms with van der Waals surface area (Å²) < 4.78 is 4.36. The third-order valence-corrected chi connectivity index (χ3v) is 6.13. The molecule has 0 radical (unpaired) electrons. The number of anilines is 1. The van der Waals surface area contributed by atoms with Crippen molar-refractivity contribution in [3.63, 3.8) is 0 Å². The van der Waals surface area contributed by atoms with E-state index in [9.17, 15) is 4.79 Å². The van der Waals surface area contributed by atoms with Crippen LogP contribution in [0, 0.1) is 11.8 Å². The maximum absolute atomic E-state index is 12.6. The van der Waals surface area contributed by atoms with E-state index in [0.717, 1.165) is 56.6 Å². The number of aryl methyl sites for hydroxylation is 1. The van der Waals surface area contributed by atoms with Crippen LogP contribution in [0.15, 0.2) is 0 Å². The van der Waals surface area contributed by atoms with Crippen molar-refractivity contribution in [2.24, 2.45) is 11.8 Å². The van der Waals surface area contributed by atoms with Crippen LogP contribution in [0.5, 0.6) is 0 Å². The normalized spacial score (nSPS) is 23.3. The molecule has 0 spiro atoms. The number of piperidine rings is 1. The molecule has 7 heteroatoms. The number of carbonyl (C=O) groups is 1. The van der Waals surface area contributed by atoms with Crippen LogP contribution in [0.3, 0.4) is 0 Å². The highest BCUT2D eigenvalue weighted by Crippen LogP contribution is 2.24. The number of carbonyl (C=O) groups excluding carboxylic acids is 1. The number of piperazine rings is 1. The average molecular weight is 352 g/mol. The molecule has 2 aliphatic rings. The summed E-state index contributed by atoms with van der Waals surface area (Å²) in [4.78, 5) is 21.5. The molecule has 0 aliphatic carbocycles. The van der Waals surface area contributed by atoms with Crippen LogP contribution >= 0.6 is 11.5 Å². The molecular formula is C17H29N5OS. The van der Waals surface area contributed by atoms with E-state index in [4.69, 9.17) is 0 Å². The molecule has 6 nitrogen and oxygen atoms in total. The van der Waals surface area contributed by atoms with E-state index in [1.165, 1.54) is 24.4 Å². The standard InChI is InChI=1S/C17H29N5OS/c1-3-15-19-17(24-20-15)22-9-7-21(8-10-22)16(23)11-13(2)14-5-4-6-18-12-14/h13-14,18H,3-12H2,1-2H3. The van der Waals surface area contributed by atoms with Crippen molar-refractivity contribution in [2.45, 2.75) is 39.5 Å². The predicted molar refractivity (Wildman–Crippen MR) is 97.5 cm³/mol. The van der Waals surface area contributed by atoms with Gasteiger partial charge in [0.25, 0.3) is 0 Å². The molecule has 2 unspecified atom stereocenters. The first-order chi connectivity index (χ1) is 11.7. The van der Waals surface area contributed by atoms with Crippen molar-refractivity contribution >= 4 is 22.6 Å². The van der Waals surface area contributed by atoms with E-state index in [2.05, 4.69) is 33.4 Å². The van der Waals surface area contributed by atoms with Crippen molar-refractivity contribution < 1.29 is 4.79 Å². The number of hydrogen-bond donors (Lipinski definition) is 1. The minimum absolute atomic E-state index is 0.319. The summed E-state index contributed by atoms with van der Waals surface area (Å²) in [6.07, 6.45) is 4.06. The maximum Gasteiger partial charge on any atom is 0.222 e. The van der Waals surface area contributed by atoms with E-state index >= 15 is 0 Å². The third kappa shape index (κ3) is 4.25. The summed E-state index contributed by atoms with van der Waals surface area (Å²) in [6.45, 7) is 9.84. The Kier molecular flexibility index (Phi) is 6.05. The van der Waals surface area contributed by atoms with Crippen LogP contribution < -0.4 is 10.2 Å². The highest BCUT2D eigenvalue weighted by molar-refractivity contribution is 7.09. The maximum atomic E-state index is 12.6. The van der Waals surface area contributed by atoms with Gasteiger partial charge in [0.05, 0.1) is 0 Å². The van der Waals surface area contributed by atoms with Gasteiger partial charge in [0.15, 0.2) is 0 Å². The molecule has 0 aromatic carbocycles. The topological polar surface area (TPSA) is 61.4 Å². The Morgan fingerprint density at radius 2 is 2.17 bits per heavy atom. The molecule has 1 N–H and O–H groups in total. The molecule has 3 rings (SSSR count). The van der Waals surface area contributed by atoms with Gasteiger partial charge in [-0.2, -0.15) is 4.37 Å². The summed E-state index contributed by atoms with van der Waals surface area (Å²) in [5.41, 5.74) is 0. The predicted octanol–water partition coefficient (Wildman–Crippen LogP) is 1.77. The summed E-state index contributed by atoms with van der Waals surface area (Å²) in [7, 11) is 0. The van der Waals surface area contributed by atoms with Gasteiger partial charge < -0.3 is 15.1 Å². The Hall–Kier alpha value is -1.21. The second kappa shape index (κ2) is 8.25. The molecule has 2 atom stereocenters. The highest BCUT2D eigenvalue weighted by Gasteiger charge is 2.27. The fraction of sp³-hybridized carbons (Fsp3) is 0.824. The summed E-state index contributed by atoms with van der Waals surface area (Å²) in [5, 5.41) is 4.46. The SMILES string of the molecule is CCc1nsc(N2CCN(C(=O)CC(C)C3CCCNC3)CC2)n1. The zero-order valence-corrected chi connectivity index (χ0v) is 15.6. The summed E-state index contributed by atoms with van der Waals surface area (Å²) in [5.74, 6) is 2.36. The first-order valence-corrected chi connectivity index (χ1v) is 10.0. The van der Waals surface area contributed by atoms with Gasteiger partial charge in [-0.1, -0.05) is 13.8 Å². The van der Waals surface area contributed by atoms with Crippen molar-refractivity contribution in [1.82, 2.24) is 19.6 Å². The molecule has 134 valence electrons. The third-order valence-electron chi connectivity index (χ3n) is 5.31. The molecule has 3 heterocycles. The summed E-state index contributed by atoms with van der Waals surface area (Å²) >= 11 is 1.47. The van der Waals surface area contributed by atoms with Gasteiger partial charge in [0.1, 0.15) is 5.82 Å². The van der Waals surface area contributed by atoms with Crippen LogP contribution in [0.25, 0.3) is 0 Å². The number of nitrogens with one attached hydrogen (secondary N) is 1. The minimum atomic E-state index is 0.319. The quantitative estimate of drug-likeness (QED) is 0.876. The zero-order chi connectivity index (χ0) is 16.9. The first kappa shape index (κ1) is 17.6. The average Bonchev–Trinajstić information content (AvgIpc) is 3.11. The number of nitrogens with zero attached hydrogens (tertiary/aromatic N) is 4. The van der Waals surface area contributed by atoms with Gasteiger partial charge in [-0.3, -0.25) is 4.79 Å². The molecule has 24 heavy (non-hydrogen) atoms. The van der Waals surface area contributed by atoms with Gasteiger partial charge in [-0.15, -0.1) is 0 Å². The monoisotopic (exact) mass is 351 g/mol. The summed E-state index contributed by atoms with van der Waals surface area (Å²) in [6, 6.07) is 0. The van der Waals surface area contributed by atoms with Crippen molar-refractivity contribution in [3.05, 3.63) is 5.82 Å². The lowest BCUT2D eigenvalue weighted by molar-refractivity contribution is -0.132. The highest BCUT2D eigenvalue weighted by atomic mass is 32.1. The molecule has 0 bridgehead atoms. The number of amides is 1. The van der Waals surface area contributed by atoms with Gasteiger partial charge in [0.2, 0.25) is 11.0 Å². The van der Waals surface area contributed by atoms with Gasteiger partial charge >= 0.3 is 0 Å². The molecule has 1 amide bonds. The van der Waals surface area contributed by atoms with E-state index < -0.39 is 0 Å². The number of rotatable bonds is 5. The van der Waals surface area contributed by atoms with E-state index in [1.807, 2.05) is 4.90 Å². The molecular weight excluding hydrogens is 322 g/mol. The molecule has 2 fully saturated rings. The first-order valence-electron chi connectivity index (χ1n) is 9.23. The zero-order valence-electron chi connectivity index (χ0n) is 14.8. The van der Waals surface area contributed by atoms with Gasteiger partial charge in [-0.25, -0.2) is 4.98 Å². The Labute approximate surface area is 148 Å². The van der Waals surface area contributed by atoms with Gasteiger partial charge in [-0.05, 0) is 37.8 Å². The molecule has 1 aromatic rings. The second-order valence-corrected chi connectivity index (χ2v) is 7.73. The fourth-order valence-electron chi connectivity index (χ4n) is 3.60. The minimum Gasteiger partial charge on any atom is -0.343 e. The molecule has 1 aromatic heterocycles. The van der Waals surface area contributed by atoms with Crippen molar-refractivity contribution in [1.29, 1.82) is 0 Å². The molecule has 0 saturated carbocycles. The van der Waals surface area contributed by atoms with Crippen LogP contribution in [-0.2, 0) is 11.2 Å². The smallest absolute Gasteiger partial charge is 0.222 e. The van der Waals surface area contributed by atoms with E-state index in [0.29, 0.717) is 24.2 Å². The Morgan fingerprint density at radius 1 is 1.38 bits per heavy atom. The Balaban J connectivity index is 1.46. The lowest BCUT2D eigenvalue weighted by atomic mass is 9.85. The second-order valence-electron chi connectivity index (χ2n) is 7.00. The van der Waals surface area contributed by atoms with E-state index in [1.54, 1.807) is 0 Å². The van der Waals surface area contributed by atoms with Gasteiger partial charge in [0, 0.05) is 50.6 Å². The fourth-order valence-corrected chi connectivity index (χ4v) is 4.40. The lowest BCUT2D eigenvalue weighted by Crippen LogP contribution is -2.49. The molecule has 2 aliphatic heterocycles. The van der Waals surface area contributed by atoms with E-state index in [-0.39, 0.29) is 0 Å². The van der Waals surface area contributed by atoms with Crippen LogP contribution in [0.4, 0.5) is 5.13 Å². The number of hydrogen-bond acceptors (Lipinski definition) is 6. The number of aromatic nitrogens is 2. The van der Waals surface area contributed by atoms with Crippen LogP contribution in [0.2, 0.25) is 0 Å². The van der Waals surface area contributed by atoms with Crippen LogP contribution in [-0.4, -0.2) is 59.4 Å². The van der Waals surface area contributed by atoms with Crippen molar-refractivity contribution in [3.8, 4) is 0 Å². The Morgan fingerprint density at radius 3 is 2.79 bits per heavy atom. The van der Waals surface area contributed by atoms with Crippen LogP contribution in [0.1, 0.15) is 38.9 Å². The Bertz CT molecular complexity index is 535.